The summed E-state index contributed by atoms with van der Waals surface area (Å²) in [6.45, 7) is 5.26. The Morgan fingerprint density at radius 1 is 1.19 bits per heavy atom. The average molecular weight is 219 g/mol. The molecule has 0 radical (unpaired) electrons. The molecular formula is C15H25N. The molecule has 0 saturated carbocycles. The summed E-state index contributed by atoms with van der Waals surface area (Å²) in [6.07, 6.45) is 6.08. The van der Waals surface area contributed by atoms with Crippen molar-refractivity contribution in [1.82, 2.24) is 0 Å². The molecule has 0 aliphatic rings. The highest BCUT2D eigenvalue weighted by Crippen LogP contribution is 2.14. The van der Waals surface area contributed by atoms with Crippen molar-refractivity contribution in [2.24, 2.45) is 11.7 Å². The lowest BCUT2D eigenvalue weighted by atomic mass is 9.95. The molecule has 1 atom stereocenters. The maximum Gasteiger partial charge on any atom is -0.00458 e. The second kappa shape index (κ2) is 7.45. The van der Waals surface area contributed by atoms with Crippen molar-refractivity contribution in [3.8, 4) is 0 Å². The van der Waals surface area contributed by atoms with E-state index in [-0.39, 0.29) is 0 Å². The molecule has 16 heavy (non-hydrogen) atoms. The van der Waals surface area contributed by atoms with Crippen LogP contribution in [0.1, 0.15) is 44.2 Å². The lowest BCUT2D eigenvalue weighted by molar-refractivity contribution is 0.518. The van der Waals surface area contributed by atoms with Gasteiger partial charge in [0.1, 0.15) is 0 Å². The Hall–Kier alpha value is -0.820. The van der Waals surface area contributed by atoms with Gasteiger partial charge in [-0.1, -0.05) is 51.0 Å². The Balaban J connectivity index is 2.59. The highest BCUT2D eigenvalue weighted by molar-refractivity contribution is 5.24. The maximum absolute atomic E-state index is 5.75. The second-order valence-corrected chi connectivity index (χ2v) is 4.64. The first-order chi connectivity index (χ1) is 7.80. The molecule has 0 fully saturated rings. The summed E-state index contributed by atoms with van der Waals surface area (Å²) in [4.78, 5) is 0. The Morgan fingerprint density at radius 3 is 2.56 bits per heavy atom. The summed E-state index contributed by atoms with van der Waals surface area (Å²) >= 11 is 0. The standard InChI is InChI=1S/C15H25N/c1-3-5-7-14-8-6-9-15(11-14)10-13(4-2)12-16/h6,8-9,11,13H,3-5,7,10,12,16H2,1-2H3. The summed E-state index contributed by atoms with van der Waals surface area (Å²) in [5.41, 5.74) is 8.68. The van der Waals surface area contributed by atoms with E-state index in [0.29, 0.717) is 5.92 Å². The van der Waals surface area contributed by atoms with Crippen molar-refractivity contribution < 1.29 is 0 Å². The van der Waals surface area contributed by atoms with Gasteiger partial charge in [-0.3, -0.25) is 0 Å². The molecule has 0 saturated heterocycles. The largest absolute Gasteiger partial charge is 0.330 e. The number of hydrogen-bond donors (Lipinski definition) is 1. The third kappa shape index (κ3) is 4.36. The highest BCUT2D eigenvalue weighted by atomic mass is 14.5. The van der Waals surface area contributed by atoms with Gasteiger partial charge in [0.05, 0.1) is 0 Å². The monoisotopic (exact) mass is 219 g/mol. The van der Waals surface area contributed by atoms with Gasteiger partial charge in [-0.25, -0.2) is 0 Å². The first-order valence-corrected chi connectivity index (χ1v) is 6.58. The molecule has 0 aromatic heterocycles. The van der Waals surface area contributed by atoms with Crippen LogP contribution in [0.3, 0.4) is 0 Å². The Kier molecular flexibility index (Phi) is 6.17. The van der Waals surface area contributed by atoms with Gasteiger partial charge in [0.25, 0.3) is 0 Å². The zero-order valence-electron chi connectivity index (χ0n) is 10.7. The van der Waals surface area contributed by atoms with Gasteiger partial charge in [0.15, 0.2) is 0 Å². The molecule has 90 valence electrons. The van der Waals surface area contributed by atoms with Gasteiger partial charge in [0, 0.05) is 0 Å². The molecule has 0 amide bonds. The summed E-state index contributed by atoms with van der Waals surface area (Å²) in [6, 6.07) is 9.01. The minimum Gasteiger partial charge on any atom is -0.330 e. The predicted molar refractivity (Wildman–Crippen MR) is 71.6 cm³/mol. The lowest BCUT2D eigenvalue weighted by Gasteiger charge is -2.12. The first kappa shape index (κ1) is 13.2. The molecule has 1 aromatic rings. The van der Waals surface area contributed by atoms with Gasteiger partial charge in [0.2, 0.25) is 0 Å². The summed E-state index contributed by atoms with van der Waals surface area (Å²) < 4.78 is 0. The third-order valence-electron chi connectivity index (χ3n) is 3.25. The van der Waals surface area contributed by atoms with Crippen LogP contribution in [0.15, 0.2) is 24.3 Å². The Labute approximate surface area is 100 Å². The van der Waals surface area contributed by atoms with E-state index in [4.69, 9.17) is 5.73 Å². The van der Waals surface area contributed by atoms with E-state index in [2.05, 4.69) is 38.1 Å². The minimum absolute atomic E-state index is 0.640. The Bertz CT molecular complexity index is 289. The quantitative estimate of drug-likeness (QED) is 0.745. The number of rotatable bonds is 7. The second-order valence-electron chi connectivity index (χ2n) is 4.64. The van der Waals surface area contributed by atoms with Crippen LogP contribution in [0.4, 0.5) is 0 Å². The molecule has 1 nitrogen and oxygen atoms in total. The van der Waals surface area contributed by atoms with Crippen molar-refractivity contribution in [3.05, 3.63) is 35.4 Å². The summed E-state index contributed by atoms with van der Waals surface area (Å²) in [5.74, 6) is 0.640. The van der Waals surface area contributed by atoms with Crippen molar-refractivity contribution in [1.29, 1.82) is 0 Å². The summed E-state index contributed by atoms with van der Waals surface area (Å²) in [7, 11) is 0. The Morgan fingerprint density at radius 2 is 1.94 bits per heavy atom. The van der Waals surface area contributed by atoms with Crippen LogP contribution in [-0.4, -0.2) is 6.54 Å². The fraction of sp³-hybridized carbons (Fsp3) is 0.600. The SMILES string of the molecule is CCCCc1cccc(CC(CC)CN)c1. The molecule has 1 heteroatoms. The molecule has 0 aliphatic carbocycles. The van der Waals surface area contributed by atoms with Crippen molar-refractivity contribution in [2.45, 2.75) is 46.0 Å². The van der Waals surface area contributed by atoms with E-state index < -0.39 is 0 Å². The van der Waals surface area contributed by atoms with Crippen LogP contribution in [0.2, 0.25) is 0 Å². The average Bonchev–Trinajstić information content (AvgIpc) is 2.34. The number of aryl methyl sites for hydroxylation is 1. The van der Waals surface area contributed by atoms with Crippen LogP contribution in [0, 0.1) is 5.92 Å². The minimum atomic E-state index is 0.640. The van der Waals surface area contributed by atoms with Crippen LogP contribution < -0.4 is 5.73 Å². The van der Waals surface area contributed by atoms with Gasteiger partial charge >= 0.3 is 0 Å². The first-order valence-electron chi connectivity index (χ1n) is 6.58. The molecule has 2 N–H and O–H groups in total. The smallest absolute Gasteiger partial charge is 0.00458 e. The van der Waals surface area contributed by atoms with E-state index >= 15 is 0 Å². The van der Waals surface area contributed by atoms with Crippen LogP contribution in [-0.2, 0) is 12.8 Å². The zero-order chi connectivity index (χ0) is 11.8. The fourth-order valence-corrected chi connectivity index (χ4v) is 2.02. The molecule has 0 aliphatic heterocycles. The predicted octanol–water partition coefficient (Wildman–Crippen LogP) is 3.56. The number of benzene rings is 1. The van der Waals surface area contributed by atoms with Gasteiger partial charge in [-0.15, -0.1) is 0 Å². The topological polar surface area (TPSA) is 26.0 Å². The van der Waals surface area contributed by atoms with Crippen LogP contribution in [0.5, 0.6) is 0 Å². The maximum atomic E-state index is 5.75. The van der Waals surface area contributed by atoms with Gasteiger partial charge in [-0.05, 0) is 42.9 Å². The highest BCUT2D eigenvalue weighted by Gasteiger charge is 2.05. The molecule has 1 rings (SSSR count). The van der Waals surface area contributed by atoms with E-state index in [9.17, 15) is 0 Å². The van der Waals surface area contributed by atoms with Gasteiger partial charge in [-0.2, -0.15) is 0 Å². The zero-order valence-corrected chi connectivity index (χ0v) is 10.7. The normalized spacial score (nSPS) is 12.7. The fourth-order valence-electron chi connectivity index (χ4n) is 2.02. The molecular weight excluding hydrogens is 194 g/mol. The lowest BCUT2D eigenvalue weighted by Crippen LogP contribution is -2.15. The van der Waals surface area contributed by atoms with E-state index in [1.807, 2.05) is 0 Å². The molecule has 0 heterocycles. The molecule has 0 spiro atoms. The summed E-state index contributed by atoms with van der Waals surface area (Å²) in [5, 5.41) is 0. The van der Waals surface area contributed by atoms with E-state index in [1.165, 1.54) is 36.8 Å². The van der Waals surface area contributed by atoms with Crippen molar-refractivity contribution in [2.75, 3.05) is 6.54 Å². The van der Waals surface area contributed by atoms with Gasteiger partial charge < -0.3 is 5.73 Å². The molecule has 0 bridgehead atoms. The van der Waals surface area contributed by atoms with E-state index in [1.54, 1.807) is 0 Å². The number of unbranched alkanes of at least 4 members (excludes halogenated alkanes) is 1. The van der Waals surface area contributed by atoms with Crippen molar-refractivity contribution in [3.63, 3.8) is 0 Å². The van der Waals surface area contributed by atoms with Crippen LogP contribution >= 0.6 is 0 Å². The van der Waals surface area contributed by atoms with E-state index in [0.717, 1.165) is 13.0 Å². The number of nitrogens with two attached hydrogens (primary N) is 1. The number of hydrogen-bond acceptors (Lipinski definition) is 1. The molecule has 1 unspecified atom stereocenters. The third-order valence-corrected chi connectivity index (χ3v) is 3.25. The van der Waals surface area contributed by atoms with Crippen molar-refractivity contribution >= 4 is 0 Å². The van der Waals surface area contributed by atoms with Crippen LogP contribution in [0.25, 0.3) is 0 Å². The molecule has 1 aromatic carbocycles.